The Balaban J connectivity index is 2.93. The van der Waals surface area contributed by atoms with Gasteiger partial charge in [0.15, 0.2) is 0 Å². The summed E-state index contributed by atoms with van der Waals surface area (Å²) in [7, 11) is 2.07. The summed E-state index contributed by atoms with van der Waals surface area (Å²) >= 11 is 0. The van der Waals surface area contributed by atoms with Crippen molar-refractivity contribution in [1.82, 2.24) is 0 Å². The maximum Gasteiger partial charge on any atom is 0.0674 e. The molecule has 0 fully saturated rings. The van der Waals surface area contributed by atoms with E-state index in [4.69, 9.17) is 5.26 Å². The molecule has 0 amide bonds. The minimum absolute atomic E-state index is 0.112. The highest BCUT2D eigenvalue weighted by molar-refractivity contribution is 5.56. The smallest absolute Gasteiger partial charge is 0.0674 e. The molecule has 0 aromatic heterocycles. The summed E-state index contributed by atoms with van der Waals surface area (Å²) < 4.78 is 0. The van der Waals surface area contributed by atoms with Gasteiger partial charge in [-0.15, -0.1) is 0 Å². The van der Waals surface area contributed by atoms with Gasteiger partial charge in [0, 0.05) is 19.3 Å². The largest absolute Gasteiger partial charge is 0.373 e. The van der Waals surface area contributed by atoms with Crippen LogP contribution in [0.3, 0.4) is 0 Å². The molecule has 1 aromatic carbocycles. The quantitative estimate of drug-likeness (QED) is 0.790. The van der Waals surface area contributed by atoms with Crippen LogP contribution in [0.25, 0.3) is 0 Å². The van der Waals surface area contributed by atoms with Gasteiger partial charge in [0.05, 0.1) is 12.0 Å². The summed E-state index contributed by atoms with van der Waals surface area (Å²) in [5.41, 5.74) is 5.15. The predicted molar refractivity (Wildman–Crippen MR) is 73.3 cm³/mol. The van der Waals surface area contributed by atoms with Gasteiger partial charge in [0.25, 0.3) is 0 Å². The summed E-state index contributed by atoms with van der Waals surface area (Å²) in [5, 5.41) is 9.01. The molecular weight excluding hydrogens is 208 g/mol. The fraction of sp³-hybridized carbons (Fsp3) is 0.533. The van der Waals surface area contributed by atoms with E-state index in [1.807, 2.05) is 0 Å². The van der Waals surface area contributed by atoms with Crippen LogP contribution < -0.4 is 4.90 Å². The number of hydrogen-bond donors (Lipinski definition) is 0. The normalized spacial score (nSPS) is 12.0. The van der Waals surface area contributed by atoms with Gasteiger partial charge in [-0.25, -0.2) is 0 Å². The maximum absolute atomic E-state index is 9.01. The number of benzene rings is 1. The SMILES string of the molecule is CCC(C#N)CN(C)c1cc(C)c(C)cc1C. The van der Waals surface area contributed by atoms with Crippen LogP contribution in [0.5, 0.6) is 0 Å². The van der Waals surface area contributed by atoms with Crippen LogP contribution in [0.1, 0.15) is 30.0 Å². The van der Waals surface area contributed by atoms with Gasteiger partial charge in [-0.2, -0.15) is 5.26 Å². The Morgan fingerprint density at radius 2 is 1.76 bits per heavy atom. The lowest BCUT2D eigenvalue weighted by Gasteiger charge is -2.24. The molecule has 0 saturated heterocycles. The third-order valence-electron chi connectivity index (χ3n) is 3.39. The number of rotatable bonds is 4. The molecule has 2 heteroatoms. The minimum atomic E-state index is 0.112. The summed E-state index contributed by atoms with van der Waals surface area (Å²) in [5.74, 6) is 0.112. The molecule has 0 N–H and O–H groups in total. The third-order valence-corrected chi connectivity index (χ3v) is 3.39. The molecule has 0 heterocycles. The van der Waals surface area contributed by atoms with E-state index in [1.54, 1.807) is 0 Å². The summed E-state index contributed by atoms with van der Waals surface area (Å²) in [6.45, 7) is 9.26. The lowest BCUT2D eigenvalue weighted by atomic mass is 10.0. The van der Waals surface area contributed by atoms with Gasteiger partial charge < -0.3 is 4.90 Å². The van der Waals surface area contributed by atoms with Gasteiger partial charge in [0.2, 0.25) is 0 Å². The van der Waals surface area contributed by atoms with Gasteiger partial charge in [-0.1, -0.05) is 13.0 Å². The predicted octanol–water partition coefficient (Wildman–Crippen LogP) is 3.60. The highest BCUT2D eigenvalue weighted by Gasteiger charge is 2.11. The molecule has 0 aliphatic heterocycles. The standard InChI is InChI=1S/C15H22N2/c1-6-14(9-16)10-17(5)15-8-12(3)11(2)7-13(15)4/h7-8,14H,6,10H2,1-5H3. The van der Waals surface area contributed by atoms with Crippen LogP contribution in [-0.2, 0) is 0 Å². The first-order chi connectivity index (χ1) is 7.99. The Morgan fingerprint density at radius 1 is 1.18 bits per heavy atom. The first-order valence-electron chi connectivity index (χ1n) is 6.18. The number of nitriles is 1. The Morgan fingerprint density at radius 3 is 2.29 bits per heavy atom. The Hall–Kier alpha value is -1.49. The van der Waals surface area contributed by atoms with Crippen LogP contribution in [0.2, 0.25) is 0 Å². The number of hydrogen-bond acceptors (Lipinski definition) is 2. The molecule has 0 bridgehead atoms. The third kappa shape index (κ3) is 3.23. The molecule has 0 aliphatic rings. The van der Waals surface area contributed by atoms with Gasteiger partial charge in [0.1, 0.15) is 0 Å². The molecule has 1 aromatic rings. The highest BCUT2D eigenvalue weighted by atomic mass is 15.1. The zero-order valence-electron chi connectivity index (χ0n) is 11.5. The van der Waals surface area contributed by atoms with Crippen molar-refractivity contribution < 1.29 is 0 Å². The molecule has 2 nitrogen and oxygen atoms in total. The molecule has 1 atom stereocenters. The van der Waals surface area contributed by atoms with Crippen LogP contribution in [0.4, 0.5) is 5.69 Å². The van der Waals surface area contributed by atoms with E-state index in [2.05, 4.69) is 57.8 Å². The molecule has 0 saturated carbocycles. The fourth-order valence-corrected chi connectivity index (χ4v) is 2.05. The van der Waals surface area contributed by atoms with Crippen molar-refractivity contribution in [1.29, 1.82) is 5.26 Å². The molecule has 17 heavy (non-hydrogen) atoms. The van der Waals surface area contributed by atoms with E-state index in [-0.39, 0.29) is 5.92 Å². The van der Waals surface area contributed by atoms with Crippen molar-refractivity contribution in [3.63, 3.8) is 0 Å². The molecule has 1 unspecified atom stereocenters. The van der Waals surface area contributed by atoms with E-state index in [0.29, 0.717) is 0 Å². The van der Waals surface area contributed by atoms with Crippen LogP contribution >= 0.6 is 0 Å². The zero-order valence-corrected chi connectivity index (χ0v) is 11.5. The zero-order chi connectivity index (χ0) is 13.0. The van der Waals surface area contributed by atoms with E-state index >= 15 is 0 Å². The average molecular weight is 230 g/mol. The lowest BCUT2D eigenvalue weighted by molar-refractivity contribution is 0.630. The van der Waals surface area contributed by atoms with E-state index < -0.39 is 0 Å². The molecule has 0 spiro atoms. The number of nitrogens with zero attached hydrogens (tertiary/aromatic N) is 2. The van der Waals surface area contributed by atoms with E-state index in [0.717, 1.165) is 13.0 Å². The van der Waals surface area contributed by atoms with Gasteiger partial charge in [-0.3, -0.25) is 0 Å². The van der Waals surface area contributed by atoms with Crippen LogP contribution in [-0.4, -0.2) is 13.6 Å². The van der Waals surface area contributed by atoms with Gasteiger partial charge in [-0.05, 0) is 49.9 Å². The molecule has 0 aliphatic carbocycles. The summed E-state index contributed by atoms with van der Waals surface area (Å²) in [4.78, 5) is 2.19. The van der Waals surface area contributed by atoms with Crippen molar-refractivity contribution >= 4 is 5.69 Å². The molecule has 92 valence electrons. The van der Waals surface area contributed by atoms with Crippen molar-refractivity contribution in [3.05, 3.63) is 28.8 Å². The number of anilines is 1. The van der Waals surface area contributed by atoms with E-state index in [1.165, 1.54) is 22.4 Å². The summed E-state index contributed by atoms with van der Waals surface area (Å²) in [6.07, 6.45) is 0.907. The molecule has 1 rings (SSSR count). The van der Waals surface area contributed by atoms with E-state index in [9.17, 15) is 0 Å². The summed E-state index contributed by atoms with van der Waals surface area (Å²) in [6, 6.07) is 6.79. The fourth-order valence-electron chi connectivity index (χ4n) is 2.05. The first-order valence-corrected chi connectivity index (χ1v) is 6.18. The van der Waals surface area contributed by atoms with Crippen LogP contribution in [0, 0.1) is 38.0 Å². The second-order valence-corrected chi connectivity index (χ2v) is 4.84. The molecular formula is C15H22N2. The topological polar surface area (TPSA) is 27.0 Å². The van der Waals surface area contributed by atoms with Gasteiger partial charge >= 0.3 is 0 Å². The lowest BCUT2D eigenvalue weighted by Crippen LogP contribution is -2.25. The maximum atomic E-state index is 9.01. The highest BCUT2D eigenvalue weighted by Crippen LogP contribution is 2.24. The van der Waals surface area contributed by atoms with Crippen molar-refractivity contribution in [2.75, 3.05) is 18.5 Å². The Labute approximate surface area is 105 Å². The molecule has 0 radical (unpaired) electrons. The number of aryl methyl sites for hydroxylation is 3. The Kier molecular flexibility index (Phi) is 4.57. The minimum Gasteiger partial charge on any atom is -0.373 e. The first kappa shape index (κ1) is 13.6. The van der Waals surface area contributed by atoms with Crippen molar-refractivity contribution in [2.45, 2.75) is 34.1 Å². The van der Waals surface area contributed by atoms with Crippen molar-refractivity contribution in [2.24, 2.45) is 5.92 Å². The monoisotopic (exact) mass is 230 g/mol. The second kappa shape index (κ2) is 5.72. The van der Waals surface area contributed by atoms with Crippen molar-refractivity contribution in [3.8, 4) is 6.07 Å². The second-order valence-electron chi connectivity index (χ2n) is 4.84. The average Bonchev–Trinajstić information content (AvgIpc) is 2.30. The van der Waals surface area contributed by atoms with Crippen LogP contribution in [0.15, 0.2) is 12.1 Å². The Bertz CT molecular complexity index is 429.